The zero-order valence-electron chi connectivity index (χ0n) is 9.73. The maximum absolute atomic E-state index is 11.7. The number of ether oxygens (including phenoxy) is 1. The van der Waals surface area contributed by atoms with Crippen molar-refractivity contribution in [3.05, 3.63) is 0 Å². The van der Waals surface area contributed by atoms with E-state index >= 15 is 0 Å². The maximum Gasteiger partial charge on any atom is 0.242 e. The highest BCUT2D eigenvalue weighted by atomic mass is 16.5. The third-order valence-electron chi connectivity index (χ3n) is 3.36. The Labute approximate surface area is 95.1 Å². The van der Waals surface area contributed by atoms with Crippen molar-refractivity contribution in [2.75, 3.05) is 13.2 Å². The number of hydrogen-bond donors (Lipinski definition) is 1. The molecule has 1 heterocycles. The monoisotopic (exact) mass is 226 g/mol. The molecule has 90 valence electrons. The molecule has 1 N–H and O–H groups in total. The SMILES string of the molecule is CCOC1CC(N2C(=O)CNC(=O)C2C)C1. The van der Waals surface area contributed by atoms with Gasteiger partial charge in [0.15, 0.2) is 0 Å². The van der Waals surface area contributed by atoms with Crippen molar-refractivity contribution in [3.63, 3.8) is 0 Å². The second-order valence-electron chi connectivity index (χ2n) is 4.40. The molecule has 1 aliphatic carbocycles. The van der Waals surface area contributed by atoms with Gasteiger partial charge in [-0.1, -0.05) is 0 Å². The minimum absolute atomic E-state index is 0.0204. The van der Waals surface area contributed by atoms with E-state index in [9.17, 15) is 9.59 Å². The number of rotatable bonds is 3. The Morgan fingerprint density at radius 2 is 2.12 bits per heavy atom. The molecule has 5 nitrogen and oxygen atoms in total. The second-order valence-corrected chi connectivity index (χ2v) is 4.40. The van der Waals surface area contributed by atoms with Gasteiger partial charge >= 0.3 is 0 Å². The van der Waals surface area contributed by atoms with E-state index in [1.54, 1.807) is 11.8 Å². The van der Waals surface area contributed by atoms with E-state index in [-0.39, 0.29) is 36.5 Å². The van der Waals surface area contributed by atoms with Crippen LogP contribution in [-0.4, -0.2) is 48.1 Å². The number of hydrogen-bond acceptors (Lipinski definition) is 3. The van der Waals surface area contributed by atoms with Crippen molar-refractivity contribution in [3.8, 4) is 0 Å². The van der Waals surface area contributed by atoms with Crippen LogP contribution in [0.1, 0.15) is 26.7 Å². The van der Waals surface area contributed by atoms with E-state index in [0.717, 1.165) is 12.8 Å². The van der Waals surface area contributed by atoms with Crippen molar-refractivity contribution >= 4 is 11.8 Å². The molecule has 2 fully saturated rings. The standard InChI is InChI=1S/C11H18N2O3/c1-3-16-9-4-8(5-9)13-7(2)11(15)12-6-10(13)14/h7-9H,3-6H2,1-2H3,(H,12,15). The van der Waals surface area contributed by atoms with Gasteiger partial charge in [0.2, 0.25) is 11.8 Å². The van der Waals surface area contributed by atoms with E-state index in [0.29, 0.717) is 6.61 Å². The molecule has 2 amide bonds. The van der Waals surface area contributed by atoms with Gasteiger partial charge in [0, 0.05) is 12.6 Å². The van der Waals surface area contributed by atoms with E-state index in [4.69, 9.17) is 4.74 Å². The predicted octanol–water partition coefficient (Wildman–Crippen LogP) is -0.0992. The lowest BCUT2D eigenvalue weighted by Gasteiger charge is -2.46. The summed E-state index contributed by atoms with van der Waals surface area (Å²) in [5.74, 6) is -0.0356. The molecular formula is C11H18N2O3. The van der Waals surface area contributed by atoms with Gasteiger partial charge in [-0.2, -0.15) is 0 Å². The van der Waals surface area contributed by atoms with Crippen molar-refractivity contribution < 1.29 is 14.3 Å². The summed E-state index contributed by atoms with van der Waals surface area (Å²) in [5.41, 5.74) is 0. The topological polar surface area (TPSA) is 58.6 Å². The van der Waals surface area contributed by atoms with Crippen molar-refractivity contribution in [2.45, 2.75) is 44.9 Å². The molecule has 1 aliphatic heterocycles. The van der Waals surface area contributed by atoms with Gasteiger partial charge in [0.1, 0.15) is 6.04 Å². The molecule has 2 aliphatic rings. The molecule has 0 radical (unpaired) electrons. The molecule has 0 aromatic rings. The first kappa shape index (κ1) is 11.4. The molecule has 1 atom stereocenters. The average Bonchev–Trinajstić information content (AvgIpc) is 2.20. The third-order valence-corrected chi connectivity index (χ3v) is 3.36. The summed E-state index contributed by atoms with van der Waals surface area (Å²) in [4.78, 5) is 24.9. The van der Waals surface area contributed by atoms with E-state index in [1.165, 1.54) is 0 Å². The predicted molar refractivity (Wildman–Crippen MR) is 57.8 cm³/mol. The van der Waals surface area contributed by atoms with Crippen LogP contribution in [0.15, 0.2) is 0 Å². The third kappa shape index (κ3) is 1.91. The fourth-order valence-corrected chi connectivity index (χ4v) is 2.40. The van der Waals surface area contributed by atoms with Crippen molar-refractivity contribution in [1.82, 2.24) is 10.2 Å². The summed E-state index contributed by atoms with van der Waals surface area (Å²) >= 11 is 0. The lowest BCUT2D eigenvalue weighted by atomic mass is 9.86. The highest BCUT2D eigenvalue weighted by molar-refractivity contribution is 5.94. The summed E-state index contributed by atoms with van der Waals surface area (Å²) in [6.45, 7) is 4.59. The summed E-state index contributed by atoms with van der Waals surface area (Å²) in [6.07, 6.45) is 1.98. The van der Waals surface area contributed by atoms with Crippen LogP contribution in [0.3, 0.4) is 0 Å². The Balaban J connectivity index is 1.93. The minimum Gasteiger partial charge on any atom is -0.378 e. The Morgan fingerprint density at radius 1 is 1.44 bits per heavy atom. The molecule has 0 aromatic heterocycles. The van der Waals surface area contributed by atoms with Crippen LogP contribution in [0.2, 0.25) is 0 Å². The summed E-state index contributed by atoms with van der Waals surface area (Å²) < 4.78 is 5.46. The lowest BCUT2D eigenvalue weighted by molar-refractivity contribution is -0.153. The molecule has 0 aromatic carbocycles. The van der Waals surface area contributed by atoms with E-state index in [2.05, 4.69) is 5.32 Å². The first-order valence-electron chi connectivity index (χ1n) is 5.84. The largest absolute Gasteiger partial charge is 0.378 e. The van der Waals surface area contributed by atoms with Gasteiger partial charge in [-0.3, -0.25) is 9.59 Å². The molecule has 1 saturated carbocycles. The van der Waals surface area contributed by atoms with E-state index in [1.807, 2.05) is 6.92 Å². The average molecular weight is 226 g/mol. The molecule has 1 saturated heterocycles. The molecule has 5 heteroatoms. The van der Waals surface area contributed by atoms with E-state index < -0.39 is 0 Å². The van der Waals surface area contributed by atoms with Gasteiger partial charge in [0.05, 0.1) is 12.6 Å². The van der Waals surface area contributed by atoms with Crippen LogP contribution in [0, 0.1) is 0 Å². The first-order valence-corrected chi connectivity index (χ1v) is 5.84. The van der Waals surface area contributed by atoms with Crippen LogP contribution in [0.5, 0.6) is 0 Å². The van der Waals surface area contributed by atoms with Crippen molar-refractivity contribution in [2.24, 2.45) is 0 Å². The lowest BCUT2D eigenvalue weighted by Crippen LogP contribution is -2.63. The zero-order chi connectivity index (χ0) is 11.7. The highest BCUT2D eigenvalue weighted by Crippen LogP contribution is 2.30. The first-order chi connectivity index (χ1) is 7.63. The Kier molecular flexibility index (Phi) is 3.14. The Morgan fingerprint density at radius 3 is 2.75 bits per heavy atom. The molecule has 1 unspecified atom stereocenters. The Hall–Kier alpha value is -1.10. The quantitative estimate of drug-likeness (QED) is 0.731. The number of piperazine rings is 1. The summed E-state index contributed by atoms with van der Waals surface area (Å²) in [5, 5.41) is 2.59. The fraction of sp³-hybridized carbons (Fsp3) is 0.818. The Bertz CT molecular complexity index is 300. The minimum atomic E-state index is -0.339. The molecule has 0 bridgehead atoms. The van der Waals surface area contributed by atoms with Gasteiger partial charge in [-0.05, 0) is 26.7 Å². The number of nitrogens with zero attached hydrogens (tertiary/aromatic N) is 1. The van der Waals surface area contributed by atoms with Gasteiger partial charge in [-0.15, -0.1) is 0 Å². The number of carbonyl (C=O) groups excluding carboxylic acids is 2. The molecular weight excluding hydrogens is 208 g/mol. The normalized spacial score (nSPS) is 34.6. The van der Waals surface area contributed by atoms with Crippen LogP contribution >= 0.6 is 0 Å². The van der Waals surface area contributed by atoms with Crippen LogP contribution in [-0.2, 0) is 14.3 Å². The number of nitrogens with one attached hydrogen (secondary N) is 1. The van der Waals surface area contributed by atoms with Crippen molar-refractivity contribution in [1.29, 1.82) is 0 Å². The molecule has 2 rings (SSSR count). The fourth-order valence-electron chi connectivity index (χ4n) is 2.40. The van der Waals surface area contributed by atoms with Gasteiger partial charge in [0.25, 0.3) is 0 Å². The van der Waals surface area contributed by atoms with Crippen LogP contribution in [0.25, 0.3) is 0 Å². The summed E-state index contributed by atoms with van der Waals surface area (Å²) in [6, 6.07) is -0.154. The molecule has 0 spiro atoms. The smallest absolute Gasteiger partial charge is 0.242 e. The van der Waals surface area contributed by atoms with Gasteiger partial charge in [-0.25, -0.2) is 0 Å². The second kappa shape index (κ2) is 4.41. The number of carbonyl (C=O) groups is 2. The van der Waals surface area contributed by atoms with Crippen LogP contribution in [0.4, 0.5) is 0 Å². The maximum atomic E-state index is 11.7. The highest BCUT2D eigenvalue weighted by Gasteiger charge is 2.42. The number of amides is 2. The summed E-state index contributed by atoms with van der Waals surface area (Å²) in [7, 11) is 0. The van der Waals surface area contributed by atoms with Crippen LogP contribution < -0.4 is 5.32 Å². The molecule has 16 heavy (non-hydrogen) atoms. The zero-order valence-corrected chi connectivity index (χ0v) is 9.73. The van der Waals surface area contributed by atoms with Gasteiger partial charge < -0.3 is 15.0 Å².